The van der Waals surface area contributed by atoms with Gasteiger partial charge in [0.15, 0.2) is 11.5 Å². The number of hydrogen-bond acceptors (Lipinski definition) is 4. The lowest BCUT2D eigenvalue weighted by molar-refractivity contribution is -0.130. The molecule has 1 saturated heterocycles. The SMILES string of the molecule is O=C(Nc1cc2c(cc1Br)OCCO2)C1CCN(C(=O)/C=C/c2ccccc2)CC1. The van der Waals surface area contributed by atoms with E-state index in [1.807, 2.05) is 42.5 Å². The standard InChI is InChI=1S/C23H23BrN2O4/c24-18-14-20-21(30-13-12-29-20)15-19(18)25-23(28)17-8-10-26(11-9-17)22(27)7-6-16-4-2-1-3-5-16/h1-7,14-15,17H,8-13H2,(H,25,28)/b7-6+. The predicted octanol–water partition coefficient (Wildman–Crippen LogP) is 4.11. The average molecular weight is 471 g/mol. The first-order chi connectivity index (χ1) is 14.6. The number of ether oxygens (including phenoxy) is 2. The van der Waals surface area contributed by atoms with E-state index in [2.05, 4.69) is 21.2 Å². The molecule has 0 aromatic heterocycles. The molecule has 1 N–H and O–H groups in total. The van der Waals surface area contributed by atoms with Gasteiger partial charge in [0.1, 0.15) is 13.2 Å². The Hall–Kier alpha value is -2.80. The Morgan fingerprint density at radius 1 is 1.03 bits per heavy atom. The maximum absolute atomic E-state index is 12.8. The third kappa shape index (κ3) is 4.84. The highest BCUT2D eigenvalue weighted by molar-refractivity contribution is 9.10. The molecule has 2 aromatic rings. The van der Waals surface area contributed by atoms with Gasteiger partial charge in [0.25, 0.3) is 0 Å². The molecule has 2 amide bonds. The van der Waals surface area contributed by atoms with Gasteiger partial charge in [-0.25, -0.2) is 0 Å². The number of nitrogens with zero attached hydrogens (tertiary/aromatic N) is 1. The van der Waals surface area contributed by atoms with Crippen molar-refractivity contribution in [3.63, 3.8) is 0 Å². The number of carbonyl (C=O) groups excluding carboxylic acids is 2. The summed E-state index contributed by atoms with van der Waals surface area (Å²) in [5.74, 6) is 1.10. The third-order valence-electron chi connectivity index (χ3n) is 5.29. The van der Waals surface area contributed by atoms with Crippen LogP contribution in [0, 0.1) is 5.92 Å². The fourth-order valence-electron chi connectivity index (χ4n) is 3.59. The first-order valence-electron chi connectivity index (χ1n) is 10.0. The van der Waals surface area contributed by atoms with Crippen molar-refractivity contribution < 1.29 is 19.1 Å². The van der Waals surface area contributed by atoms with Crippen molar-refractivity contribution in [2.24, 2.45) is 5.92 Å². The second-order valence-corrected chi connectivity index (χ2v) is 8.16. The number of hydrogen-bond donors (Lipinski definition) is 1. The van der Waals surface area contributed by atoms with E-state index in [1.54, 1.807) is 17.0 Å². The van der Waals surface area contributed by atoms with Crippen LogP contribution >= 0.6 is 15.9 Å². The minimum Gasteiger partial charge on any atom is -0.486 e. The molecule has 30 heavy (non-hydrogen) atoms. The Kier molecular flexibility index (Phi) is 6.38. The third-order valence-corrected chi connectivity index (χ3v) is 5.94. The number of nitrogens with one attached hydrogen (secondary N) is 1. The highest BCUT2D eigenvalue weighted by Gasteiger charge is 2.27. The van der Waals surface area contributed by atoms with Crippen LogP contribution in [0.3, 0.4) is 0 Å². The zero-order valence-corrected chi connectivity index (χ0v) is 18.1. The minimum atomic E-state index is -0.132. The van der Waals surface area contributed by atoms with Gasteiger partial charge in [-0.3, -0.25) is 9.59 Å². The van der Waals surface area contributed by atoms with E-state index in [4.69, 9.17) is 9.47 Å². The van der Waals surface area contributed by atoms with Crippen LogP contribution in [0.15, 0.2) is 53.0 Å². The summed E-state index contributed by atoms with van der Waals surface area (Å²) >= 11 is 3.48. The van der Waals surface area contributed by atoms with Crippen LogP contribution in [0.4, 0.5) is 5.69 Å². The zero-order chi connectivity index (χ0) is 20.9. The molecule has 2 heterocycles. The van der Waals surface area contributed by atoms with Gasteiger partial charge in [0.2, 0.25) is 11.8 Å². The summed E-state index contributed by atoms with van der Waals surface area (Å²) < 4.78 is 11.9. The number of rotatable bonds is 4. The summed E-state index contributed by atoms with van der Waals surface area (Å²) in [4.78, 5) is 27.0. The Bertz CT molecular complexity index is 953. The number of amides is 2. The highest BCUT2D eigenvalue weighted by atomic mass is 79.9. The molecule has 2 aliphatic rings. The number of anilines is 1. The number of likely N-dealkylation sites (tertiary alicyclic amines) is 1. The molecular formula is C23H23BrN2O4. The monoisotopic (exact) mass is 470 g/mol. The van der Waals surface area contributed by atoms with Crippen molar-refractivity contribution in [3.8, 4) is 11.5 Å². The van der Waals surface area contributed by atoms with Crippen LogP contribution in [-0.2, 0) is 9.59 Å². The molecule has 0 aliphatic carbocycles. The molecule has 4 rings (SSSR count). The fraction of sp³-hybridized carbons (Fsp3) is 0.304. The van der Waals surface area contributed by atoms with Crippen LogP contribution in [-0.4, -0.2) is 43.0 Å². The maximum Gasteiger partial charge on any atom is 0.246 e. The first kappa shape index (κ1) is 20.5. The molecule has 2 aliphatic heterocycles. The number of piperidine rings is 1. The number of fused-ring (bicyclic) bond motifs is 1. The first-order valence-corrected chi connectivity index (χ1v) is 10.8. The van der Waals surface area contributed by atoms with Crippen molar-refractivity contribution in [2.75, 3.05) is 31.6 Å². The van der Waals surface area contributed by atoms with Crippen LogP contribution < -0.4 is 14.8 Å². The van der Waals surface area contributed by atoms with Crippen molar-refractivity contribution in [1.82, 2.24) is 4.90 Å². The molecule has 1 fully saturated rings. The lowest BCUT2D eigenvalue weighted by Crippen LogP contribution is -2.40. The molecular weight excluding hydrogens is 448 g/mol. The minimum absolute atomic E-state index is 0.0210. The van der Waals surface area contributed by atoms with Crippen molar-refractivity contribution in [1.29, 1.82) is 0 Å². The van der Waals surface area contributed by atoms with Gasteiger partial charge in [-0.05, 0) is 40.4 Å². The molecule has 0 spiro atoms. The van der Waals surface area contributed by atoms with E-state index < -0.39 is 0 Å². The fourth-order valence-corrected chi connectivity index (χ4v) is 4.02. The predicted molar refractivity (Wildman–Crippen MR) is 119 cm³/mol. The van der Waals surface area contributed by atoms with E-state index >= 15 is 0 Å². The molecule has 2 aromatic carbocycles. The zero-order valence-electron chi connectivity index (χ0n) is 16.5. The van der Waals surface area contributed by atoms with Crippen LogP contribution in [0.1, 0.15) is 18.4 Å². The smallest absolute Gasteiger partial charge is 0.246 e. The topological polar surface area (TPSA) is 67.9 Å². The lowest BCUT2D eigenvalue weighted by atomic mass is 9.95. The van der Waals surface area contributed by atoms with Crippen molar-refractivity contribution in [2.45, 2.75) is 12.8 Å². The molecule has 0 atom stereocenters. The van der Waals surface area contributed by atoms with Gasteiger partial charge < -0.3 is 19.7 Å². The van der Waals surface area contributed by atoms with Gasteiger partial charge in [-0.2, -0.15) is 0 Å². The number of carbonyl (C=O) groups is 2. The molecule has 156 valence electrons. The van der Waals surface area contributed by atoms with Gasteiger partial charge in [0, 0.05) is 41.7 Å². The van der Waals surface area contributed by atoms with E-state index in [-0.39, 0.29) is 17.7 Å². The summed E-state index contributed by atoms with van der Waals surface area (Å²) in [7, 11) is 0. The van der Waals surface area contributed by atoms with Gasteiger partial charge >= 0.3 is 0 Å². The van der Waals surface area contributed by atoms with Gasteiger partial charge in [0.05, 0.1) is 5.69 Å². The van der Waals surface area contributed by atoms with Gasteiger partial charge in [-0.15, -0.1) is 0 Å². The molecule has 0 unspecified atom stereocenters. The summed E-state index contributed by atoms with van der Waals surface area (Å²) in [6.45, 7) is 2.15. The second kappa shape index (κ2) is 9.34. The van der Waals surface area contributed by atoms with Crippen molar-refractivity contribution >= 4 is 39.5 Å². The molecule has 0 radical (unpaired) electrons. The van der Waals surface area contributed by atoms with Gasteiger partial charge in [-0.1, -0.05) is 30.3 Å². The quantitative estimate of drug-likeness (QED) is 0.682. The molecule has 0 bridgehead atoms. The molecule has 6 nitrogen and oxygen atoms in total. The Morgan fingerprint density at radius 2 is 1.70 bits per heavy atom. The van der Waals surface area contributed by atoms with Crippen LogP contribution in [0.5, 0.6) is 11.5 Å². The van der Waals surface area contributed by atoms with Crippen molar-refractivity contribution in [3.05, 3.63) is 58.6 Å². The highest BCUT2D eigenvalue weighted by Crippen LogP contribution is 2.38. The van der Waals surface area contributed by atoms with E-state index in [1.165, 1.54) is 0 Å². The van der Waals surface area contributed by atoms with E-state index in [9.17, 15) is 9.59 Å². The Labute approximate surface area is 184 Å². The van der Waals surface area contributed by atoms with Crippen LogP contribution in [0.25, 0.3) is 6.08 Å². The van der Waals surface area contributed by atoms with E-state index in [0.717, 1.165) is 10.0 Å². The summed E-state index contributed by atoms with van der Waals surface area (Å²) in [6.07, 6.45) is 4.69. The van der Waals surface area contributed by atoms with E-state index in [0.29, 0.717) is 56.3 Å². The summed E-state index contributed by atoms with van der Waals surface area (Å²) in [5, 5.41) is 2.98. The maximum atomic E-state index is 12.8. The largest absolute Gasteiger partial charge is 0.486 e. The summed E-state index contributed by atoms with van der Waals surface area (Å²) in [5.41, 5.74) is 1.65. The molecule has 7 heteroatoms. The number of benzene rings is 2. The normalized spacial score (nSPS) is 16.5. The second-order valence-electron chi connectivity index (χ2n) is 7.31. The Balaban J connectivity index is 1.31. The lowest BCUT2D eigenvalue weighted by Gasteiger charge is -2.30. The Morgan fingerprint density at radius 3 is 2.40 bits per heavy atom. The average Bonchev–Trinajstić information content (AvgIpc) is 2.78. The van der Waals surface area contributed by atoms with Crippen LogP contribution in [0.2, 0.25) is 0 Å². The number of halogens is 1. The summed E-state index contributed by atoms with van der Waals surface area (Å²) in [6, 6.07) is 13.3. The molecule has 0 saturated carbocycles.